The van der Waals surface area contributed by atoms with Crippen LogP contribution in [0.25, 0.3) is 0 Å². The highest BCUT2D eigenvalue weighted by atomic mass is 35.5. The lowest BCUT2D eigenvalue weighted by molar-refractivity contribution is -0.137. The van der Waals surface area contributed by atoms with Crippen LogP contribution in [-0.2, 0) is 23.9 Å². The minimum absolute atomic E-state index is 0.153. The second-order valence-corrected chi connectivity index (χ2v) is 6.10. The van der Waals surface area contributed by atoms with Crippen LogP contribution in [0.3, 0.4) is 0 Å². The van der Waals surface area contributed by atoms with Crippen LogP contribution in [-0.4, -0.2) is 19.6 Å². The monoisotopic (exact) mass is 401 g/mol. The molecule has 2 rings (SSSR count). The summed E-state index contributed by atoms with van der Waals surface area (Å²) in [6.07, 6.45) is -4.60. The molecule has 0 unspecified atom stereocenters. The van der Waals surface area contributed by atoms with Crippen LogP contribution >= 0.6 is 11.6 Å². The molecule has 2 aromatic rings. The highest BCUT2D eigenvalue weighted by Gasteiger charge is 2.30. The van der Waals surface area contributed by atoms with Crippen molar-refractivity contribution in [2.45, 2.75) is 26.1 Å². The van der Waals surface area contributed by atoms with Gasteiger partial charge in [0.05, 0.1) is 30.7 Å². The molecule has 1 N–H and O–H groups in total. The van der Waals surface area contributed by atoms with Crippen molar-refractivity contribution in [3.05, 3.63) is 58.1 Å². The van der Waals surface area contributed by atoms with Gasteiger partial charge in [-0.05, 0) is 36.2 Å². The van der Waals surface area contributed by atoms with E-state index in [4.69, 9.17) is 21.1 Å². The molecular weight excluding hydrogens is 383 g/mol. The maximum absolute atomic E-state index is 12.7. The largest absolute Gasteiger partial charge is 0.493 e. The minimum Gasteiger partial charge on any atom is -0.493 e. The van der Waals surface area contributed by atoms with Gasteiger partial charge in [-0.25, -0.2) is 0 Å². The zero-order chi connectivity index (χ0) is 20.0. The van der Waals surface area contributed by atoms with E-state index in [2.05, 4.69) is 5.32 Å². The van der Waals surface area contributed by atoms with Gasteiger partial charge >= 0.3 is 6.18 Å². The molecule has 0 radical (unpaired) electrons. The number of carbonyl (C=O) groups is 1. The quantitative estimate of drug-likeness (QED) is 0.736. The van der Waals surface area contributed by atoms with Gasteiger partial charge in [0.2, 0.25) is 5.91 Å². The van der Waals surface area contributed by atoms with Gasteiger partial charge in [-0.2, -0.15) is 13.2 Å². The van der Waals surface area contributed by atoms with E-state index in [9.17, 15) is 18.0 Å². The number of alkyl halides is 3. The van der Waals surface area contributed by atoms with Crippen molar-refractivity contribution in [1.29, 1.82) is 0 Å². The molecule has 146 valence electrons. The number of nitrogens with one attached hydrogen (secondary N) is 1. The average molecular weight is 402 g/mol. The van der Waals surface area contributed by atoms with Gasteiger partial charge in [-0.1, -0.05) is 29.8 Å². The molecule has 27 heavy (non-hydrogen) atoms. The summed E-state index contributed by atoms with van der Waals surface area (Å²) in [4.78, 5) is 12.1. The number of methoxy groups -OCH3 is 1. The molecule has 0 aromatic heterocycles. The fourth-order valence-corrected chi connectivity index (χ4v) is 2.75. The minimum atomic E-state index is -4.44. The Morgan fingerprint density at radius 3 is 2.56 bits per heavy atom. The molecule has 0 aliphatic rings. The summed E-state index contributed by atoms with van der Waals surface area (Å²) in [5, 5.41) is 3.01. The van der Waals surface area contributed by atoms with Crippen molar-refractivity contribution in [3.8, 4) is 11.5 Å². The zero-order valence-corrected chi connectivity index (χ0v) is 15.6. The molecule has 1 amide bonds. The summed E-state index contributed by atoms with van der Waals surface area (Å²) >= 11 is 6.17. The molecule has 0 aliphatic heterocycles. The van der Waals surface area contributed by atoms with Gasteiger partial charge in [0.1, 0.15) is 0 Å². The first-order chi connectivity index (χ1) is 12.7. The van der Waals surface area contributed by atoms with Crippen LogP contribution in [0, 0.1) is 0 Å². The summed E-state index contributed by atoms with van der Waals surface area (Å²) in [5.74, 6) is 0.450. The van der Waals surface area contributed by atoms with Crippen molar-refractivity contribution in [2.75, 3.05) is 13.7 Å². The molecule has 0 fully saturated rings. The second-order valence-electron chi connectivity index (χ2n) is 5.69. The summed E-state index contributed by atoms with van der Waals surface area (Å²) in [6, 6.07) is 8.02. The number of rotatable bonds is 7. The Hall–Kier alpha value is -2.41. The molecule has 4 nitrogen and oxygen atoms in total. The second kappa shape index (κ2) is 8.99. The van der Waals surface area contributed by atoms with Gasteiger partial charge in [0.15, 0.2) is 11.5 Å². The highest BCUT2D eigenvalue weighted by Crippen LogP contribution is 2.36. The van der Waals surface area contributed by atoms with E-state index >= 15 is 0 Å². The number of benzene rings is 2. The van der Waals surface area contributed by atoms with E-state index in [0.717, 1.165) is 12.1 Å². The van der Waals surface area contributed by atoms with Crippen molar-refractivity contribution < 1.29 is 27.4 Å². The lowest BCUT2D eigenvalue weighted by Gasteiger charge is -2.14. The number of ether oxygens (including phenoxy) is 2. The van der Waals surface area contributed by atoms with E-state index < -0.39 is 17.6 Å². The van der Waals surface area contributed by atoms with Gasteiger partial charge in [0.25, 0.3) is 0 Å². The van der Waals surface area contributed by atoms with E-state index in [1.165, 1.54) is 19.2 Å². The Labute approximate surface area is 160 Å². The number of halogens is 4. The standard InChI is InChI=1S/C19H19ClF3NO3/c1-3-27-18-15(20)8-13(9-16(18)26-2)11-24-17(25)10-12-5-4-6-14(7-12)19(21,22)23/h4-9H,3,10-11H2,1-2H3,(H,24,25). The molecule has 0 saturated carbocycles. The molecule has 0 bridgehead atoms. The Morgan fingerprint density at radius 1 is 1.19 bits per heavy atom. The van der Waals surface area contributed by atoms with Crippen molar-refractivity contribution >= 4 is 17.5 Å². The normalized spacial score (nSPS) is 11.2. The van der Waals surface area contributed by atoms with Crippen LogP contribution in [0.15, 0.2) is 36.4 Å². The Kier molecular flexibility index (Phi) is 6.96. The Bertz CT molecular complexity index is 809. The van der Waals surface area contributed by atoms with Crippen molar-refractivity contribution in [2.24, 2.45) is 0 Å². The Morgan fingerprint density at radius 2 is 1.93 bits per heavy atom. The predicted octanol–water partition coefficient (Wildman–Crippen LogP) is 4.63. The maximum atomic E-state index is 12.7. The number of amides is 1. The van der Waals surface area contributed by atoms with Crippen LogP contribution in [0.2, 0.25) is 5.02 Å². The summed E-state index contributed by atoms with van der Waals surface area (Å²) in [5.41, 5.74) is 0.179. The predicted molar refractivity (Wildman–Crippen MR) is 96.2 cm³/mol. The van der Waals surface area contributed by atoms with Gasteiger partial charge in [-0.3, -0.25) is 4.79 Å². The molecule has 8 heteroatoms. The van der Waals surface area contributed by atoms with E-state index in [-0.39, 0.29) is 18.5 Å². The van der Waals surface area contributed by atoms with Crippen LogP contribution in [0.5, 0.6) is 11.5 Å². The van der Waals surface area contributed by atoms with Crippen LogP contribution < -0.4 is 14.8 Å². The molecule has 0 atom stereocenters. The van der Waals surface area contributed by atoms with E-state index in [0.29, 0.717) is 28.7 Å². The highest BCUT2D eigenvalue weighted by molar-refractivity contribution is 6.32. The SMILES string of the molecule is CCOc1c(Cl)cc(CNC(=O)Cc2cccc(C(F)(F)F)c2)cc1OC. The molecule has 0 heterocycles. The molecule has 0 spiro atoms. The lowest BCUT2D eigenvalue weighted by atomic mass is 10.1. The molecule has 0 aliphatic carbocycles. The van der Waals surface area contributed by atoms with Gasteiger partial charge in [0, 0.05) is 6.54 Å². The first-order valence-electron chi connectivity index (χ1n) is 8.16. The molecule has 0 saturated heterocycles. The molecular formula is C19H19ClF3NO3. The molecule has 2 aromatic carbocycles. The third-order valence-electron chi connectivity index (χ3n) is 3.69. The number of carbonyl (C=O) groups excluding carboxylic acids is 1. The third kappa shape index (κ3) is 5.79. The zero-order valence-electron chi connectivity index (χ0n) is 14.8. The van der Waals surface area contributed by atoms with E-state index in [1.54, 1.807) is 12.1 Å². The first-order valence-corrected chi connectivity index (χ1v) is 8.54. The van der Waals surface area contributed by atoms with Crippen molar-refractivity contribution in [1.82, 2.24) is 5.32 Å². The fourth-order valence-electron chi connectivity index (χ4n) is 2.47. The smallest absolute Gasteiger partial charge is 0.416 e. The third-order valence-corrected chi connectivity index (χ3v) is 3.97. The van der Waals surface area contributed by atoms with E-state index in [1.807, 2.05) is 6.92 Å². The summed E-state index contributed by atoms with van der Waals surface area (Å²) in [7, 11) is 1.48. The summed E-state index contributed by atoms with van der Waals surface area (Å²) in [6.45, 7) is 2.39. The maximum Gasteiger partial charge on any atom is 0.416 e. The lowest BCUT2D eigenvalue weighted by Crippen LogP contribution is -2.24. The van der Waals surface area contributed by atoms with Crippen molar-refractivity contribution in [3.63, 3.8) is 0 Å². The average Bonchev–Trinajstić information content (AvgIpc) is 2.61. The topological polar surface area (TPSA) is 47.6 Å². The number of hydrogen-bond donors (Lipinski definition) is 1. The van der Waals surface area contributed by atoms with Crippen LogP contribution in [0.4, 0.5) is 13.2 Å². The summed E-state index contributed by atoms with van der Waals surface area (Å²) < 4.78 is 48.9. The first kappa shape index (κ1) is 20.9. The fraction of sp³-hybridized carbons (Fsp3) is 0.316. The Balaban J connectivity index is 2.03. The number of hydrogen-bond acceptors (Lipinski definition) is 3. The van der Waals surface area contributed by atoms with Gasteiger partial charge < -0.3 is 14.8 Å². The van der Waals surface area contributed by atoms with Gasteiger partial charge in [-0.15, -0.1) is 0 Å². The van der Waals surface area contributed by atoms with Crippen LogP contribution in [0.1, 0.15) is 23.6 Å².